The summed E-state index contributed by atoms with van der Waals surface area (Å²) >= 11 is 1.06. The highest BCUT2D eigenvalue weighted by Gasteiger charge is 2.32. The molecule has 0 bridgehead atoms. The Morgan fingerprint density at radius 2 is 1.94 bits per heavy atom. The molecule has 98 valence electrons. The molecule has 4 nitrogen and oxygen atoms in total. The number of rotatable bonds is 4. The Labute approximate surface area is 110 Å². The largest absolute Gasteiger partial charge is 0.477 e. The molecule has 5 heteroatoms. The number of hydrogen-bond donors (Lipinski definition) is 1. The Morgan fingerprint density at radius 1 is 1.33 bits per heavy atom. The third-order valence-electron chi connectivity index (χ3n) is 3.29. The van der Waals surface area contributed by atoms with Crippen LogP contribution in [-0.4, -0.2) is 34.0 Å². The normalized spacial score (nSPS) is 15.5. The van der Waals surface area contributed by atoms with Crippen LogP contribution in [0.1, 0.15) is 52.5 Å². The lowest BCUT2D eigenvalue weighted by molar-refractivity contribution is 0.0494. The molecule has 1 saturated carbocycles. The quantitative estimate of drug-likeness (QED) is 0.912. The predicted octanol–water partition coefficient (Wildman–Crippen LogP) is 2.85. The van der Waals surface area contributed by atoms with E-state index in [1.54, 1.807) is 6.07 Å². The maximum atomic E-state index is 12.4. The van der Waals surface area contributed by atoms with E-state index in [9.17, 15) is 9.59 Å². The van der Waals surface area contributed by atoms with Crippen LogP contribution < -0.4 is 0 Å². The Bertz CT molecular complexity index is 463. The van der Waals surface area contributed by atoms with Gasteiger partial charge in [0.25, 0.3) is 5.91 Å². The van der Waals surface area contributed by atoms with Crippen molar-refractivity contribution in [3.63, 3.8) is 0 Å². The van der Waals surface area contributed by atoms with Crippen molar-refractivity contribution in [2.24, 2.45) is 0 Å². The number of nitrogens with zero attached hydrogens (tertiary/aromatic N) is 1. The van der Waals surface area contributed by atoms with E-state index in [4.69, 9.17) is 5.11 Å². The van der Waals surface area contributed by atoms with Gasteiger partial charge in [0.15, 0.2) is 0 Å². The molecular weight excluding hydrogens is 250 g/mol. The van der Waals surface area contributed by atoms with Gasteiger partial charge in [-0.3, -0.25) is 4.79 Å². The van der Waals surface area contributed by atoms with Crippen molar-refractivity contribution in [2.45, 2.75) is 45.2 Å². The van der Waals surface area contributed by atoms with E-state index in [2.05, 4.69) is 0 Å². The molecule has 0 aromatic carbocycles. The lowest BCUT2D eigenvalue weighted by Crippen LogP contribution is -2.47. The molecule has 1 aromatic rings. The van der Waals surface area contributed by atoms with Crippen LogP contribution in [0.2, 0.25) is 0 Å². The molecule has 1 N–H and O–H groups in total. The van der Waals surface area contributed by atoms with Crippen LogP contribution in [0.4, 0.5) is 0 Å². The highest BCUT2D eigenvalue weighted by molar-refractivity contribution is 7.15. The summed E-state index contributed by atoms with van der Waals surface area (Å²) in [6, 6.07) is 3.59. The first-order chi connectivity index (χ1) is 8.50. The summed E-state index contributed by atoms with van der Waals surface area (Å²) in [6.07, 6.45) is 3.29. The molecule has 1 fully saturated rings. The molecule has 1 aliphatic carbocycles. The van der Waals surface area contributed by atoms with E-state index in [-0.39, 0.29) is 16.8 Å². The smallest absolute Gasteiger partial charge is 0.345 e. The summed E-state index contributed by atoms with van der Waals surface area (Å²) in [5, 5.41) is 8.88. The molecular formula is C13H17NO3S. The topological polar surface area (TPSA) is 57.6 Å². The fraction of sp³-hybridized carbons (Fsp3) is 0.538. The molecule has 0 unspecified atom stereocenters. The second-order valence-corrected chi connectivity index (χ2v) is 5.94. The van der Waals surface area contributed by atoms with Crippen molar-refractivity contribution in [3.8, 4) is 0 Å². The molecule has 1 aromatic heterocycles. The van der Waals surface area contributed by atoms with Gasteiger partial charge in [-0.25, -0.2) is 4.79 Å². The van der Waals surface area contributed by atoms with Gasteiger partial charge in [0.05, 0.1) is 4.88 Å². The number of thiophene rings is 1. The maximum absolute atomic E-state index is 12.4. The fourth-order valence-corrected chi connectivity index (χ4v) is 2.97. The fourth-order valence-electron chi connectivity index (χ4n) is 2.18. The van der Waals surface area contributed by atoms with Crippen molar-refractivity contribution in [2.75, 3.05) is 0 Å². The van der Waals surface area contributed by atoms with E-state index in [1.165, 1.54) is 12.5 Å². The van der Waals surface area contributed by atoms with E-state index < -0.39 is 5.97 Å². The first-order valence-corrected chi connectivity index (χ1v) is 6.98. The molecule has 2 rings (SSSR count). The number of carboxylic acids is 1. The standard InChI is InChI=1S/C13H17NO3S/c1-8(2)14(9-4-3-5-9)12(15)10-6-7-11(18-10)13(16)17/h6-9H,3-5H2,1-2H3,(H,16,17). The minimum atomic E-state index is -0.973. The Hall–Kier alpha value is -1.36. The number of aromatic carboxylic acids is 1. The summed E-state index contributed by atoms with van der Waals surface area (Å²) in [6.45, 7) is 4.00. The van der Waals surface area contributed by atoms with Gasteiger partial charge >= 0.3 is 5.97 Å². The predicted molar refractivity (Wildman–Crippen MR) is 70.2 cm³/mol. The van der Waals surface area contributed by atoms with E-state index in [0.717, 1.165) is 24.2 Å². The SMILES string of the molecule is CC(C)N(C(=O)c1ccc(C(=O)O)s1)C1CCC1. The molecule has 0 radical (unpaired) electrons. The average Bonchev–Trinajstić information content (AvgIpc) is 2.70. The van der Waals surface area contributed by atoms with Gasteiger partial charge in [0, 0.05) is 12.1 Å². The lowest BCUT2D eigenvalue weighted by Gasteiger charge is -2.40. The zero-order valence-electron chi connectivity index (χ0n) is 10.5. The molecule has 0 aliphatic heterocycles. The summed E-state index contributed by atoms with van der Waals surface area (Å²) in [4.78, 5) is 25.9. The van der Waals surface area contributed by atoms with E-state index >= 15 is 0 Å². The molecule has 1 amide bonds. The summed E-state index contributed by atoms with van der Waals surface area (Å²) in [5.41, 5.74) is 0. The third-order valence-corrected chi connectivity index (χ3v) is 4.35. The summed E-state index contributed by atoms with van der Waals surface area (Å²) < 4.78 is 0. The highest BCUT2D eigenvalue weighted by atomic mass is 32.1. The van der Waals surface area contributed by atoms with Gasteiger partial charge in [-0.1, -0.05) is 0 Å². The Morgan fingerprint density at radius 3 is 2.33 bits per heavy atom. The molecule has 1 aliphatic rings. The highest BCUT2D eigenvalue weighted by Crippen LogP contribution is 2.29. The van der Waals surface area contributed by atoms with Crippen LogP contribution in [0.25, 0.3) is 0 Å². The zero-order chi connectivity index (χ0) is 13.3. The van der Waals surface area contributed by atoms with E-state index in [1.807, 2.05) is 18.7 Å². The van der Waals surface area contributed by atoms with Crippen molar-refractivity contribution in [1.29, 1.82) is 0 Å². The molecule has 0 saturated heterocycles. The Balaban J connectivity index is 2.19. The van der Waals surface area contributed by atoms with Crippen LogP contribution in [0.15, 0.2) is 12.1 Å². The molecule has 18 heavy (non-hydrogen) atoms. The van der Waals surface area contributed by atoms with Crippen LogP contribution in [0, 0.1) is 0 Å². The maximum Gasteiger partial charge on any atom is 0.345 e. The van der Waals surface area contributed by atoms with Crippen molar-refractivity contribution in [3.05, 3.63) is 21.9 Å². The minimum Gasteiger partial charge on any atom is -0.477 e. The van der Waals surface area contributed by atoms with Crippen molar-refractivity contribution >= 4 is 23.2 Å². The number of carbonyl (C=O) groups excluding carboxylic acids is 1. The zero-order valence-corrected chi connectivity index (χ0v) is 11.4. The van der Waals surface area contributed by atoms with Gasteiger partial charge in [0.1, 0.15) is 4.88 Å². The molecule has 1 heterocycles. The summed E-state index contributed by atoms with van der Waals surface area (Å²) in [7, 11) is 0. The summed E-state index contributed by atoms with van der Waals surface area (Å²) in [5.74, 6) is -1.01. The van der Waals surface area contributed by atoms with Crippen LogP contribution >= 0.6 is 11.3 Å². The van der Waals surface area contributed by atoms with Gasteiger partial charge in [0.2, 0.25) is 0 Å². The number of amides is 1. The van der Waals surface area contributed by atoms with Gasteiger partial charge in [-0.2, -0.15) is 0 Å². The Kier molecular flexibility index (Phi) is 3.71. The second kappa shape index (κ2) is 5.10. The first-order valence-electron chi connectivity index (χ1n) is 6.16. The van der Waals surface area contributed by atoms with Crippen molar-refractivity contribution < 1.29 is 14.7 Å². The lowest BCUT2D eigenvalue weighted by atomic mass is 9.90. The van der Waals surface area contributed by atoms with Gasteiger partial charge in [-0.05, 0) is 45.2 Å². The second-order valence-electron chi connectivity index (χ2n) is 4.86. The minimum absolute atomic E-state index is 0.0350. The van der Waals surface area contributed by atoms with Crippen LogP contribution in [0.5, 0.6) is 0 Å². The van der Waals surface area contributed by atoms with Crippen molar-refractivity contribution in [1.82, 2.24) is 4.90 Å². The number of carboxylic acid groups (broad SMARTS) is 1. The number of carbonyl (C=O) groups is 2. The first kappa shape index (κ1) is 13.1. The van der Waals surface area contributed by atoms with Gasteiger partial charge < -0.3 is 10.0 Å². The average molecular weight is 267 g/mol. The van der Waals surface area contributed by atoms with Gasteiger partial charge in [-0.15, -0.1) is 11.3 Å². The third kappa shape index (κ3) is 2.41. The molecule has 0 atom stereocenters. The monoisotopic (exact) mass is 267 g/mol. The van der Waals surface area contributed by atoms with E-state index in [0.29, 0.717) is 10.9 Å². The van der Waals surface area contributed by atoms with Crippen LogP contribution in [0.3, 0.4) is 0 Å². The number of hydrogen-bond acceptors (Lipinski definition) is 3. The van der Waals surface area contributed by atoms with Crippen LogP contribution in [-0.2, 0) is 0 Å². The molecule has 0 spiro atoms.